The van der Waals surface area contributed by atoms with Gasteiger partial charge in [-0.3, -0.25) is 4.79 Å². The van der Waals surface area contributed by atoms with Gasteiger partial charge in [-0.1, -0.05) is 36.4 Å². The van der Waals surface area contributed by atoms with Crippen LogP contribution in [0.5, 0.6) is 0 Å². The van der Waals surface area contributed by atoms with E-state index < -0.39 is 12.1 Å². The smallest absolute Gasteiger partial charge is 0.475 e. The Kier molecular flexibility index (Phi) is 6.64. The number of rotatable bonds is 3. The number of hydrogen-bond donors (Lipinski definition) is 3. The molecule has 0 amide bonds. The van der Waals surface area contributed by atoms with Crippen LogP contribution in [0.1, 0.15) is 24.8 Å². The van der Waals surface area contributed by atoms with Crippen LogP contribution < -0.4 is 11.3 Å². The van der Waals surface area contributed by atoms with E-state index in [9.17, 15) is 22.4 Å². The Morgan fingerprint density at radius 2 is 1.58 bits per heavy atom. The van der Waals surface area contributed by atoms with E-state index in [2.05, 4.69) is 17.1 Å². The quantitative estimate of drug-likeness (QED) is 0.329. The van der Waals surface area contributed by atoms with Gasteiger partial charge in [0.25, 0.3) is 5.56 Å². The van der Waals surface area contributed by atoms with E-state index in [4.69, 9.17) is 20.6 Å². The number of nitrogens with two attached hydrogens (primary N) is 1. The zero-order chi connectivity index (χ0) is 26.1. The number of carboxylic acids is 1. The van der Waals surface area contributed by atoms with Crippen molar-refractivity contribution >= 4 is 16.9 Å². The van der Waals surface area contributed by atoms with Gasteiger partial charge in [0.2, 0.25) is 0 Å². The van der Waals surface area contributed by atoms with Gasteiger partial charge in [-0.05, 0) is 54.7 Å². The highest BCUT2D eigenvalue weighted by Gasteiger charge is 2.38. The van der Waals surface area contributed by atoms with Crippen LogP contribution in [-0.4, -0.2) is 27.2 Å². The number of aromatic amines is 1. The number of halogens is 4. The van der Waals surface area contributed by atoms with Gasteiger partial charge in [0.05, 0.1) is 16.6 Å². The first-order valence-corrected chi connectivity index (χ1v) is 11.0. The number of H-pyrrole nitrogens is 1. The molecule has 2 aromatic heterocycles. The standard InChI is InChI=1S/C24H20FN3O.C2HF3O2/c25-18-8-4-15(5-9-18)19-14-20-21(10-13-27-23(20)29)28-22(19)16-2-6-17(7-3-16)24(26)11-1-12-24;3-2(4,5)1(6)7/h2-10,13-14H,1,11-12,26H2,(H,27,29);(H,6,7). The summed E-state index contributed by atoms with van der Waals surface area (Å²) in [5.74, 6) is -3.06. The van der Waals surface area contributed by atoms with Gasteiger partial charge in [0.15, 0.2) is 0 Å². The highest BCUT2D eigenvalue weighted by molar-refractivity contribution is 5.91. The minimum absolute atomic E-state index is 0.199. The molecule has 2 heterocycles. The van der Waals surface area contributed by atoms with E-state index in [1.165, 1.54) is 12.1 Å². The molecule has 2 aromatic carbocycles. The number of carbonyl (C=O) groups is 1. The summed E-state index contributed by atoms with van der Waals surface area (Å²) in [7, 11) is 0. The minimum Gasteiger partial charge on any atom is -0.475 e. The summed E-state index contributed by atoms with van der Waals surface area (Å²) in [5, 5.41) is 7.63. The van der Waals surface area contributed by atoms with Crippen molar-refractivity contribution in [2.24, 2.45) is 5.73 Å². The number of nitrogens with one attached hydrogen (secondary N) is 1. The third kappa shape index (κ3) is 5.13. The lowest BCUT2D eigenvalue weighted by molar-refractivity contribution is -0.192. The molecule has 36 heavy (non-hydrogen) atoms. The molecule has 10 heteroatoms. The van der Waals surface area contributed by atoms with Crippen LogP contribution in [0, 0.1) is 5.82 Å². The number of fused-ring (bicyclic) bond motifs is 1. The Balaban J connectivity index is 0.000000384. The van der Waals surface area contributed by atoms with Crippen LogP contribution in [0.25, 0.3) is 33.3 Å². The van der Waals surface area contributed by atoms with Crippen LogP contribution in [0.2, 0.25) is 0 Å². The molecule has 5 rings (SSSR count). The number of hydrogen-bond acceptors (Lipinski definition) is 4. The molecule has 0 radical (unpaired) electrons. The Bertz CT molecular complexity index is 1460. The van der Waals surface area contributed by atoms with E-state index in [1.54, 1.807) is 24.4 Å². The van der Waals surface area contributed by atoms with E-state index in [0.717, 1.165) is 47.2 Å². The first-order valence-electron chi connectivity index (χ1n) is 11.0. The predicted molar refractivity (Wildman–Crippen MR) is 127 cm³/mol. The molecule has 186 valence electrons. The molecule has 6 nitrogen and oxygen atoms in total. The van der Waals surface area contributed by atoms with Gasteiger partial charge in [-0.25, -0.2) is 14.2 Å². The largest absolute Gasteiger partial charge is 0.490 e. The van der Waals surface area contributed by atoms with Crippen LogP contribution in [0.15, 0.2) is 71.7 Å². The summed E-state index contributed by atoms with van der Waals surface area (Å²) in [6.45, 7) is 0. The number of carboxylic acid groups (broad SMARTS) is 1. The maximum absolute atomic E-state index is 13.5. The molecule has 0 spiro atoms. The molecular formula is C26H21F4N3O3. The van der Waals surface area contributed by atoms with E-state index in [-0.39, 0.29) is 16.9 Å². The van der Waals surface area contributed by atoms with Crippen LogP contribution in [-0.2, 0) is 10.3 Å². The number of pyridine rings is 2. The highest BCUT2D eigenvalue weighted by Crippen LogP contribution is 2.40. The Hall–Kier alpha value is -4.05. The lowest BCUT2D eigenvalue weighted by Crippen LogP contribution is -2.43. The summed E-state index contributed by atoms with van der Waals surface area (Å²) >= 11 is 0. The van der Waals surface area contributed by atoms with Gasteiger partial charge < -0.3 is 15.8 Å². The summed E-state index contributed by atoms with van der Waals surface area (Å²) in [5.41, 5.74) is 11.1. The molecule has 1 aliphatic rings. The molecule has 0 bridgehead atoms. The van der Waals surface area contributed by atoms with E-state index in [1.807, 2.05) is 18.2 Å². The summed E-state index contributed by atoms with van der Waals surface area (Å²) < 4.78 is 45.2. The average molecular weight is 499 g/mol. The van der Waals surface area contributed by atoms with Crippen molar-refractivity contribution in [3.63, 3.8) is 0 Å². The molecule has 0 unspecified atom stereocenters. The van der Waals surface area contributed by atoms with Crippen LogP contribution in [0.4, 0.5) is 17.6 Å². The third-order valence-electron chi connectivity index (χ3n) is 6.13. The van der Waals surface area contributed by atoms with Crippen molar-refractivity contribution in [2.75, 3.05) is 0 Å². The Labute approximate surface area is 202 Å². The lowest BCUT2D eigenvalue weighted by Gasteiger charge is -2.38. The number of nitrogens with zero attached hydrogens (tertiary/aromatic N) is 1. The topological polar surface area (TPSA) is 109 Å². The highest BCUT2D eigenvalue weighted by atomic mass is 19.4. The van der Waals surface area contributed by atoms with Crippen molar-refractivity contribution in [3.05, 3.63) is 88.6 Å². The summed E-state index contributed by atoms with van der Waals surface area (Å²) in [6.07, 6.45) is -0.320. The zero-order valence-corrected chi connectivity index (χ0v) is 18.8. The maximum atomic E-state index is 13.5. The normalized spacial score (nSPS) is 14.5. The molecule has 4 aromatic rings. The molecule has 0 aliphatic heterocycles. The van der Waals surface area contributed by atoms with Crippen molar-refractivity contribution in [1.29, 1.82) is 0 Å². The van der Waals surface area contributed by atoms with E-state index >= 15 is 0 Å². The first kappa shape index (κ1) is 25.1. The second-order valence-corrected chi connectivity index (χ2v) is 8.52. The molecular weight excluding hydrogens is 478 g/mol. The fourth-order valence-electron chi connectivity index (χ4n) is 3.99. The number of alkyl halides is 3. The molecule has 0 saturated heterocycles. The van der Waals surface area contributed by atoms with Crippen molar-refractivity contribution in [1.82, 2.24) is 9.97 Å². The maximum Gasteiger partial charge on any atom is 0.490 e. The molecule has 1 saturated carbocycles. The Morgan fingerprint density at radius 1 is 1.00 bits per heavy atom. The van der Waals surface area contributed by atoms with Gasteiger partial charge >= 0.3 is 12.1 Å². The predicted octanol–water partition coefficient (Wildman–Crippen LogP) is 5.37. The van der Waals surface area contributed by atoms with Gasteiger partial charge in [-0.15, -0.1) is 0 Å². The third-order valence-corrected chi connectivity index (χ3v) is 6.13. The molecule has 0 atom stereocenters. The molecule has 1 fully saturated rings. The molecule has 1 aliphatic carbocycles. The molecule has 4 N–H and O–H groups in total. The average Bonchev–Trinajstić information content (AvgIpc) is 2.82. The Morgan fingerprint density at radius 3 is 2.11 bits per heavy atom. The minimum atomic E-state index is -5.08. The van der Waals surface area contributed by atoms with Gasteiger partial charge in [-0.2, -0.15) is 13.2 Å². The zero-order valence-electron chi connectivity index (χ0n) is 18.8. The van der Waals surface area contributed by atoms with Crippen molar-refractivity contribution < 1.29 is 27.5 Å². The fourth-order valence-corrected chi connectivity index (χ4v) is 3.99. The fraction of sp³-hybridized carbons (Fsp3) is 0.192. The summed E-state index contributed by atoms with van der Waals surface area (Å²) in [6, 6.07) is 18.0. The van der Waals surface area contributed by atoms with E-state index in [0.29, 0.717) is 10.9 Å². The second-order valence-electron chi connectivity index (χ2n) is 8.52. The van der Waals surface area contributed by atoms with Crippen molar-refractivity contribution in [3.8, 4) is 22.4 Å². The second kappa shape index (κ2) is 9.54. The van der Waals surface area contributed by atoms with Gasteiger partial charge in [0.1, 0.15) is 5.82 Å². The van der Waals surface area contributed by atoms with Crippen LogP contribution in [0.3, 0.4) is 0 Å². The number of benzene rings is 2. The number of aliphatic carboxylic acids is 1. The monoisotopic (exact) mass is 499 g/mol. The number of aromatic nitrogens is 2. The lowest BCUT2D eigenvalue weighted by atomic mass is 9.72. The first-order chi connectivity index (χ1) is 17.0. The van der Waals surface area contributed by atoms with Gasteiger partial charge in [0, 0.05) is 22.9 Å². The summed E-state index contributed by atoms with van der Waals surface area (Å²) in [4.78, 5) is 28.7. The van der Waals surface area contributed by atoms with Crippen LogP contribution >= 0.6 is 0 Å². The SMILES string of the molecule is NC1(c2ccc(-c3nc4cc[nH]c(=O)c4cc3-c3ccc(F)cc3)cc2)CCC1.O=C(O)C(F)(F)F. The van der Waals surface area contributed by atoms with Crippen molar-refractivity contribution in [2.45, 2.75) is 31.0 Å².